The van der Waals surface area contributed by atoms with E-state index in [-0.39, 0.29) is 5.82 Å². The van der Waals surface area contributed by atoms with Gasteiger partial charge in [-0.1, -0.05) is 6.07 Å². The Morgan fingerprint density at radius 3 is 2.92 bits per heavy atom. The summed E-state index contributed by atoms with van der Waals surface area (Å²) in [5.74, 6) is -0.222. The van der Waals surface area contributed by atoms with Crippen molar-refractivity contribution in [3.63, 3.8) is 0 Å². The van der Waals surface area contributed by atoms with Crippen LogP contribution in [0.3, 0.4) is 0 Å². The molecule has 62 valence electrons. The molecule has 1 aromatic carbocycles. The monoisotopic (exact) mass is 164 g/mol. The minimum absolute atomic E-state index is 0.222. The van der Waals surface area contributed by atoms with Crippen LogP contribution in [0.15, 0.2) is 24.4 Å². The van der Waals surface area contributed by atoms with E-state index in [4.69, 9.17) is 0 Å². The van der Waals surface area contributed by atoms with Gasteiger partial charge in [0.25, 0.3) is 0 Å². The molecule has 0 atom stereocenters. The van der Waals surface area contributed by atoms with Crippen LogP contribution in [0.25, 0.3) is 10.9 Å². The van der Waals surface area contributed by atoms with Gasteiger partial charge in [-0.3, -0.25) is 0 Å². The first-order valence-electron chi connectivity index (χ1n) is 3.76. The summed E-state index contributed by atoms with van der Waals surface area (Å²) in [6, 6.07) is 5.45. The number of rotatable bonds is 1. The smallest absolute Gasteiger partial charge is 0.170 e. The second-order valence-electron chi connectivity index (χ2n) is 2.62. The van der Waals surface area contributed by atoms with Crippen molar-refractivity contribution < 1.29 is 4.39 Å². The van der Waals surface area contributed by atoms with Gasteiger partial charge in [0.15, 0.2) is 5.82 Å². The molecular formula is C9H9FN2. The van der Waals surface area contributed by atoms with E-state index in [1.165, 1.54) is 0 Å². The van der Waals surface area contributed by atoms with Gasteiger partial charge >= 0.3 is 0 Å². The topological polar surface area (TPSA) is 27.8 Å². The summed E-state index contributed by atoms with van der Waals surface area (Å²) in [5, 5.41) is 3.68. The van der Waals surface area contributed by atoms with Crippen molar-refractivity contribution in [2.75, 3.05) is 12.4 Å². The SMILES string of the molecule is CNc1ccc2cc[nH]c2c1F. The molecular weight excluding hydrogens is 155 g/mol. The summed E-state index contributed by atoms with van der Waals surface area (Å²) in [6.45, 7) is 0. The molecule has 0 aliphatic carbocycles. The van der Waals surface area contributed by atoms with Crippen molar-refractivity contribution in [2.24, 2.45) is 0 Å². The molecule has 12 heavy (non-hydrogen) atoms. The van der Waals surface area contributed by atoms with Crippen LogP contribution in [-0.4, -0.2) is 12.0 Å². The fourth-order valence-corrected chi connectivity index (χ4v) is 1.28. The van der Waals surface area contributed by atoms with Crippen LogP contribution in [0.5, 0.6) is 0 Å². The van der Waals surface area contributed by atoms with Crippen LogP contribution in [0.1, 0.15) is 0 Å². The number of fused-ring (bicyclic) bond motifs is 1. The van der Waals surface area contributed by atoms with Gasteiger partial charge in [-0.25, -0.2) is 4.39 Å². The maximum absolute atomic E-state index is 13.4. The fraction of sp³-hybridized carbons (Fsp3) is 0.111. The van der Waals surface area contributed by atoms with E-state index in [0.29, 0.717) is 11.2 Å². The van der Waals surface area contributed by atoms with E-state index < -0.39 is 0 Å². The van der Waals surface area contributed by atoms with Crippen LogP contribution < -0.4 is 5.32 Å². The number of halogens is 1. The number of nitrogens with one attached hydrogen (secondary N) is 2. The molecule has 0 saturated heterocycles. The van der Waals surface area contributed by atoms with Crippen molar-refractivity contribution in [3.05, 3.63) is 30.2 Å². The molecule has 0 amide bonds. The lowest BCUT2D eigenvalue weighted by Gasteiger charge is -2.01. The molecule has 2 N–H and O–H groups in total. The molecule has 1 aromatic heterocycles. The third kappa shape index (κ3) is 0.863. The Morgan fingerprint density at radius 1 is 1.33 bits per heavy atom. The highest BCUT2D eigenvalue weighted by Gasteiger charge is 2.05. The zero-order valence-corrected chi connectivity index (χ0v) is 6.69. The summed E-state index contributed by atoms with van der Waals surface area (Å²) < 4.78 is 13.4. The second kappa shape index (κ2) is 2.52. The van der Waals surface area contributed by atoms with Gasteiger partial charge < -0.3 is 10.3 Å². The van der Waals surface area contributed by atoms with E-state index in [1.54, 1.807) is 19.3 Å². The van der Waals surface area contributed by atoms with Gasteiger partial charge in [0.05, 0.1) is 11.2 Å². The molecule has 0 aliphatic heterocycles. The van der Waals surface area contributed by atoms with Crippen LogP contribution >= 0.6 is 0 Å². The molecule has 2 aromatic rings. The average molecular weight is 164 g/mol. The Morgan fingerprint density at radius 2 is 2.17 bits per heavy atom. The number of hydrogen-bond acceptors (Lipinski definition) is 1. The standard InChI is InChI=1S/C9H9FN2/c1-11-7-3-2-6-4-5-12-9(6)8(7)10/h2-5,11-12H,1H3. The van der Waals surface area contributed by atoms with Crippen LogP contribution in [-0.2, 0) is 0 Å². The molecule has 2 nitrogen and oxygen atoms in total. The minimum Gasteiger partial charge on any atom is -0.386 e. The summed E-state index contributed by atoms with van der Waals surface area (Å²) in [7, 11) is 1.70. The lowest BCUT2D eigenvalue weighted by atomic mass is 10.2. The largest absolute Gasteiger partial charge is 0.386 e. The van der Waals surface area contributed by atoms with Gasteiger partial charge in [0, 0.05) is 18.6 Å². The van der Waals surface area contributed by atoms with Crippen LogP contribution in [0, 0.1) is 5.82 Å². The molecule has 3 heteroatoms. The van der Waals surface area contributed by atoms with E-state index >= 15 is 0 Å². The lowest BCUT2D eigenvalue weighted by molar-refractivity contribution is 0.640. The zero-order chi connectivity index (χ0) is 8.55. The number of aromatic amines is 1. The Balaban J connectivity index is 2.78. The average Bonchev–Trinajstić information content (AvgIpc) is 2.53. The van der Waals surface area contributed by atoms with Crippen molar-refractivity contribution in [1.29, 1.82) is 0 Å². The van der Waals surface area contributed by atoms with Gasteiger partial charge in [0.1, 0.15) is 0 Å². The second-order valence-corrected chi connectivity index (χ2v) is 2.62. The van der Waals surface area contributed by atoms with E-state index in [2.05, 4.69) is 10.3 Å². The van der Waals surface area contributed by atoms with E-state index in [1.807, 2.05) is 12.1 Å². The summed E-state index contributed by atoms with van der Waals surface area (Å²) >= 11 is 0. The van der Waals surface area contributed by atoms with Crippen molar-refractivity contribution in [3.8, 4) is 0 Å². The summed E-state index contributed by atoms with van der Waals surface area (Å²) in [4.78, 5) is 2.85. The van der Waals surface area contributed by atoms with Crippen molar-refractivity contribution in [2.45, 2.75) is 0 Å². The maximum atomic E-state index is 13.4. The Labute approximate surface area is 69.4 Å². The number of hydrogen-bond donors (Lipinski definition) is 2. The molecule has 0 fully saturated rings. The predicted octanol–water partition coefficient (Wildman–Crippen LogP) is 2.35. The van der Waals surface area contributed by atoms with E-state index in [9.17, 15) is 4.39 Å². The zero-order valence-electron chi connectivity index (χ0n) is 6.69. The molecule has 0 aliphatic rings. The summed E-state index contributed by atoms with van der Waals surface area (Å²) in [5.41, 5.74) is 1.08. The van der Waals surface area contributed by atoms with Crippen LogP contribution in [0.4, 0.5) is 10.1 Å². The van der Waals surface area contributed by atoms with Gasteiger partial charge in [-0.2, -0.15) is 0 Å². The highest BCUT2D eigenvalue weighted by atomic mass is 19.1. The van der Waals surface area contributed by atoms with Gasteiger partial charge in [-0.05, 0) is 12.1 Å². The molecule has 0 bridgehead atoms. The van der Waals surface area contributed by atoms with Crippen molar-refractivity contribution >= 4 is 16.6 Å². The highest BCUT2D eigenvalue weighted by molar-refractivity contribution is 5.83. The summed E-state index contributed by atoms with van der Waals surface area (Å²) in [6.07, 6.45) is 1.73. The molecule has 1 heterocycles. The number of aromatic nitrogens is 1. The van der Waals surface area contributed by atoms with E-state index in [0.717, 1.165) is 5.39 Å². The first-order chi connectivity index (χ1) is 5.83. The Hall–Kier alpha value is -1.51. The highest BCUT2D eigenvalue weighted by Crippen LogP contribution is 2.22. The lowest BCUT2D eigenvalue weighted by Crippen LogP contribution is -1.92. The van der Waals surface area contributed by atoms with Gasteiger partial charge in [-0.15, -0.1) is 0 Å². The predicted molar refractivity (Wildman–Crippen MR) is 47.8 cm³/mol. The minimum atomic E-state index is -0.222. The fourth-order valence-electron chi connectivity index (χ4n) is 1.28. The molecule has 0 radical (unpaired) electrons. The third-order valence-electron chi connectivity index (χ3n) is 1.93. The third-order valence-corrected chi connectivity index (χ3v) is 1.93. The Bertz CT molecular complexity index is 406. The van der Waals surface area contributed by atoms with Crippen LogP contribution in [0.2, 0.25) is 0 Å². The molecule has 0 saturated carbocycles. The Kier molecular flexibility index (Phi) is 1.50. The quantitative estimate of drug-likeness (QED) is 0.665. The first kappa shape index (κ1) is 7.16. The number of benzene rings is 1. The first-order valence-corrected chi connectivity index (χ1v) is 3.76. The number of H-pyrrole nitrogens is 1. The van der Waals surface area contributed by atoms with Gasteiger partial charge in [0.2, 0.25) is 0 Å². The molecule has 0 unspecified atom stereocenters. The molecule has 2 rings (SSSR count). The number of anilines is 1. The molecule has 0 spiro atoms. The van der Waals surface area contributed by atoms with Crippen molar-refractivity contribution in [1.82, 2.24) is 4.98 Å². The maximum Gasteiger partial charge on any atom is 0.170 e. The normalized spacial score (nSPS) is 10.5.